The fourth-order valence-corrected chi connectivity index (χ4v) is 2.96. The third-order valence-corrected chi connectivity index (χ3v) is 4.71. The van der Waals surface area contributed by atoms with Gasteiger partial charge in [0, 0.05) is 25.6 Å². The summed E-state index contributed by atoms with van der Waals surface area (Å²) in [5.74, 6) is 2.15. The van der Waals surface area contributed by atoms with Crippen LogP contribution in [0.5, 0.6) is 17.2 Å². The molecule has 0 saturated carbocycles. The molecular weight excluding hydrogens is 500 g/mol. The van der Waals surface area contributed by atoms with E-state index in [1.807, 2.05) is 18.2 Å². The van der Waals surface area contributed by atoms with Crippen LogP contribution >= 0.6 is 24.0 Å². The molecule has 2 aromatic rings. The minimum absolute atomic E-state index is 0. The number of guanidine groups is 1. The number of hydrogen-bond acceptors (Lipinski definition) is 4. The van der Waals surface area contributed by atoms with Gasteiger partial charge in [-0.05, 0) is 35.4 Å². The first-order chi connectivity index (χ1) is 13.8. The highest BCUT2D eigenvalue weighted by Crippen LogP contribution is 2.38. The maximum absolute atomic E-state index is 13.6. The fraction of sp³-hybridized carbons (Fsp3) is 0.409. The van der Waals surface area contributed by atoms with E-state index in [-0.39, 0.29) is 35.2 Å². The Kier molecular flexibility index (Phi) is 10.2. The summed E-state index contributed by atoms with van der Waals surface area (Å²) in [6.45, 7) is 5.21. The van der Waals surface area contributed by atoms with Gasteiger partial charge in [-0.15, -0.1) is 24.0 Å². The van der Waals surface area contributed by atoms with Crippen molar-refractivity contribution in [1.82, 2.24) is 10.6 Å². The first kappa shape index (κ1) is 25.8. The van der Waals surface area contributed by atoms with E-state index in [2.05, 4.69) is 29.5 Å². The molecule has 0 fully saturated rings. The number of hydrogen-bond donors (Lipinski definition) is 2. The maximum Gasteiger partial charge on any atom is 0.203 e. The molecule has 0 aromatic heterocycles. The predicted octanol–water partition coefficient (Wildman–Crippen LogP) is 4.11. The van der Waals surface area contributed by atoms with Crippen LogP contribution in [-0.2, 0) is 12.0 Å². The minimum atomic E-state index is -0.272. The first-order valence-electron chi connectivity index (χ1n) is 9.34. The van der Waals surface area contributed by atoms with E-state index >= 15 is 0 Å². The molecule has 2 rings (SSSR count). The first-order valence-corrected chi connectivity index (χ1v) is 9.34. The summed E-state index contributed by atoms with van der Waals surface area (Å²) >= 11 is 0. The number of benzene rings is 2. The van der Waals surface area contributed by atoms with E-state index in [4.69, 9.17) is 14.2 Å². The van der Waals surface area contributed by atoms with Crippen LogP contribution in [0, 0.1) is 5.82 Å². The van der Waals surface area contributed by atoms with Gasteiger partial charge in [0.05, 0.1) is 21.3 Å². The van der Waals surface area contributed by atoms with Crippen molar-refractivity contribution in [3.05, 3.63) is 53.3 Å². The molecule has 2 aromatic carbocycles. The Balaban J connectivity index is 0.00000450. The molecule has 0 unspecified atom stereocenters. The van der Waals surface area contributed by atoms with E-state index in [9.17, 15) is 4.39 Å². The topological polar surface area (TPSA) is 64.1 Å². The van der Waals surface area contributed by atoms with Crippen molar-refractivity contribution in [2.75, 3.05) is 34.9 Å². The van der Waals surface area contributed by atoms with Crippen molar-refractivity contribution in [1.29, 1.82) is 0 Å². The average molecular weight is 531 g/mol. The molecule has 6 nitrogen and oxygen atoms in total. The Morgan fingerprint density at radius 3 is 2.13 bits per heavy atom. The third-order valence-electron chi connectivity index (χ3n) is 4.71. The van der Waals surface area contributed by atoms with E-state index in [0.29, 0.717) is 36.3 Å². The van der Waals surface area contributed by atoms with Crippen molar-refractivity contribution in [2.45, 2.75) is 25.8 Å². The van der Waals surface area contributed by atoms with Crippen LogP contribution < -0.4 is 24.8 Å². The Hall–Kier alpha value is -2.23. The second-order valence-electron chi connectivity index (χ2n) is 7.21. The van der Waals surface area contributed by atoms with Gasteiger partial charge in [-0.2, -0.15) is 0 Å². The van der Waals surface area contributed by atoms with Crippen LogP contribution in [0.2, 0.25) is 0 Å². The molecule has 166 valence electrons. The SMILES string of the molecule is CN=C(NCc1cc(OC)c(OC)c(OC)c1)NCC(C)(C)c1cccc(F)c1.I. The van der Waals surface area contributed by atoms with Crippen LogP contribution in [0.1, 0.15) is 25.0 Å². The molecule has 0 bridgehead atoms. The van der Waals surface area contributed by atoms with Gasteiger partial charge >= 0.3 is 0 Å². The van der Waals surface area contributed by atoms with Gasteiger partial charge < -0.3 is 24.8 Å². The van der Waals surface area contributed by atoms with Crippen LogP contribution in [0.3, 0.4) is 0 Å². The summed E-state index contributed by atoms with van der Waals surface area (Å²) in [6.07, 6.45) is 0. The molecule has 0 saturated heterocycles. The average Bonchev–Trinajstić information content (AvgIpc) is 2.72. The summed E-state index contributed by atoms with van der Waals surface area (Å²) in [5.41, 5.74) is 1.60. The van der Waals surface area contributed by atoms with E-state index in [0.717, 1.165) is 11.1 Å². The zero-order valence-electron chi connectivity index (χ0n) is 18.3. The maximum atomic E-state index is 13.6. The number of aliphatic imine (C=N–C) groups is 1. The standard InChI is InChI=1S/C22H30FN3O3.HI/c1-22(2,16-8-7-9-17(23)12-16)14-26-21(24-3)25-13-15-10-18(27-4)20(29-6)19(11-15)28-5;/h7-12H,13-14H2,1-6H3,(H2,24,25,26);1H. The normalized spacial score (nSPS) is 11.4. The van der Waals surface area contributed by atoms with Crippen LogP contribution in [0.25, 0.3) is 0 Å². The Morgan fingerprint density at radius 1 is 1.00 bits per heavy atom. The second-order valence-corrected chi connectivity index (χ2v) is 7.21. The quantitative estimate of drug-likeness (QED) is 0.305. The number of halogens is 2. The smallest absolute Gasteiger partial charge is 0.203 e. The lowest BCUT2D eigenvalue weighted by molar-refractivity contribution is 0.323. The molecule has 0 spiro atoms. The molecule has 0 radical (unpaired) electrons. The van der Waals surface area contributed by atoms with Gasteiger partial charge in [0.25, 0.3) is 0 Å². The molecule has 0 atom stereocenters. The number of rotatable bonds is 8. The van der Waals surface area contributed by atoms with Crippen molar-refractivity contribution in [2.24, 2.45) is 4.99 Å². The fourth-order valence-electron chi connectivity index (χ4n) is 2.96. The van der Waals surface area contributed by atoms with Gasteiger partial charge in [-0.1, -0.05) is 26.0 Å². The molecule has 8 heteroatoms. The largest absolute Gasteiger partial charge is 0.493 e. The second kappa shape index (κ2) is 11.8. The number of nitrogens with one attached hydrogen (secondary N) is 2. The lowest BCUT2D eigenvalue weighted by atomic mass is 9.84. The Labute approximate surface area is 195 Å². The summed E-state index contributed by atoms with van der Waals surface area (Å²) < 4.78 is 29.7. The van der Waals surface area contributed by atoms with Gasteiger partial charge in [-0.25, -0.2) is 4.39 Å². The van der Waals surface area contributed by atoms with Crippen molar-refractivity contribution in [3.8, 4) is 17.2 Å². The molecular formula is C22H31FIN3O3. The molecule has 0 aliphatic carbocycles. The summed E-state index contributed by atoms with van der Waals surface area (Å²) in [7, 11) is 6.46. The van der Waals surface area contributed by atoms with Crippen molar-refractivity contribution < 1.29 is 18.6 Å². The monoisotopic (exact) mass is 531 g/mol. The molecule has 2 N–H and O–H groups in total. The molecule has 0 aliphatic heterocycles. The Morgan fingerprint density at radius 2 is 1.63 bits per heavy atom. The molecule has 0 aliphatic rings. The van der Waals surface area contributed by atoms with Gasteiger partial charge in [0.1, 0.15) is 5.82 Å². The zero-order valence-corrected chi connectivity index (χ0v) is 20.7. The zero-order chi connectivity index (χ0) is 21.4. The predicted molar refractivity (Wildman–Crippen MR) is 129 cm³/mol. The van der Waals surface area contributed by atoms with Crippen molar-refractivity contribution >= 4 is 29.9 Å². The molecule has 0 amide bonds. The number of ether oxygens (including phenoxy) is 3. The summed E-state index contributed by atoms with van der Waals surface area (Å²) in [6, 6.07) is 10.4. The highest BCUT2D eigenvalue weighted by atomic mass is 127. The lowest BCUT2D eigenvalue weighted by Gasteiger charge is -2.27. The van der Waals surface area contributed by atoms with E-state index in [1.54, 1.807) is 40.5 Å². The Bertz CT molecular complexity index is 834. The number of nitrogens with zero attached hydrogens (tertiary/aromatic N) is 1. The highest BCUT2D eigenvalue weighted by molar-refractivity contribution is 14.0. The van der Waals surface area contributed by atoms with E-state index in [1.165, 1.54) is 6.07 Å². The van der Waals surface area contributed by atoms with Crippen molar-refractivity contribution in [3.63, 3.8) is 0 Å². The van der Waals surface area contributed by atoms with Crippen LogP contribution in [0.4, 0.5) is 4.39 Å². The highest BCUT2D eigenvalue weighted by Gasteiger charge is 2.21. The minimum Gasteiger partial charge on any atom is -0.493 e. The molecule has 0 heterocycles. The summed E-state index contributed by atoms with van der Waals surface area (Å²) in [4.78, 5) is 4.27. The van der Waals surface area contributed by atoms with Crippen LogP contribution in [0.15, 0.2) is 41.4 Å². The van der Waals surface area contributed by atoms with Gasteiger partial charge in [-0.3, -0.25) is 4.99 Å². The summed E-state index contributed by atoms with van der Waals surface area (Å²) in [5, 5.41) is 6.58. The number of methoxy groups -OCH3 is 3. The van der Waals surface area contributed by atoms with Gasteiger partial charge in [0.2, 0.25) is 5.75 Å². The molecule has 30 heavy (non-hydrogen) atoms. The van der Waals surface area contributed by atoms with Crippen LogP contribution in [-0.4, -0.2) is 40.9 Å². The lowest BCUT2D eigenvalue weighted by Crippen LogP contribution is -2.43. The third kappa shape index (κ3) is 6.65. The van der Waals surface area contributed by atoms with Gasteiger partial charge in [0.15, 0.2) is 17.5 Å². The van der Waals surface area contributed by atoms with E-state index < -0.39 is 0 Å².